The van der Waals surface area contributed by atoms with E-state index in [0.717, 1.165) is 5.56 Å². The molecule has 27 heavy (non-hydrogen) atoms. The van der Waals surface area contributed by atoms with Crippen molar-refractivity contribution in [2.45, 2.75) is 25.8 Å². The standard InChI is InChI=1S/C18H29N3O5S/c1-13(15-6-7-16(25-4)17(12-15)26-5)19-18(22)14-8-10-21(11-9-14)27(23,24)20(2)3/h6-7,12-14H,8-11H2,1-5H3,(H,19,22)/t13-/m1/s1. The van der Waals surface area contributed by atoms with Crippen LogP contribution in [0, 0.1) is 5.92 Å². The fourth-order valence-corrected chi connectivity index (χ4v) is 4.25. The Hall–Kier alpha value is -1.84. The summed E-state index contributed by atoms with van der Waals surface area (Å²) in [7, 11) is 2.75. The summed E-state index contributed by atoms with van der Waals surface area (Å²) in [5, 5.41) is 3.02. The minimum Gasteiger partial charge on any atom is -0.493 e. The van der Waals surface area contributed by atoms with E-state index in [-0.39, 0.29) is 17.9 Å². The summed E-state index contributed by atoms with van der Waals surface area (Å²) < 4.78 is 37.5. The molecule has 0 saturated carbocycles. The van der Waals surface area contributed by atoms with Crippen LogP contribution in [0.4, 0.5) is 0 Å². The minimum absolute atomic E-state index is 0.0563. The van der Waals surface area contributed by atoms with Crippen LogP contribution >= 0.6 is 0 Å². The van der Waals surface area contributed by atoms with Crippen LogP contribution in [0.3, 0.4) is 0 Å². The molecule has 0 aromatic heterocycles. The molecule has 1 heterocycles. The van der Waals surface area contributed by atoms with Gasteiger partial charge in [-0.05, 0) is 37.5 Å². The molecule has 1 N–H and O–H groups in total. The van der Waals surface area contributed by atoms with Crippen LogP contribution in [0.5, 0.6) is 11.5 Å². The van der Waals surface area contributed by atoms with Crippen molar-refractivity contribution < 1.29 is 22.7 Å². The number of carbonyl (C=O) groups excluding carboxylic acids is 1. The maximum atomic E-state index is 12.6. The van der Waals surface area contributed by atoms with Crippen molar-refractivity contribution in [3.05, 3.63) is 23.8 Å². The molecular weight excluding hydrogens is 370 g/mol. The second kappa shape index (κ2) is 8.90. The van der Waals surface area contributed by atoms with Gasteiger partial charge in [-0.25, -0.2) is 0 Å². The predicted octanol–water partition coefficient (Wildman–Crippen LogP) is 1.40. The quantitative estimate of drug-likeness (QED) is 0.749. The van der Waals surface area contributed by atoms with Crippen LogP contribution in [0.1, 0.15) is 31.4 Å². The van der Waals surface area contributed by atoms with Gasteiger partial charge in [-0.1, -0.05) is 6.07 Å². The second-order valence-electron chi connectivity index (χ2n) is 6.81. The summed E-state index contributed by atoms with van der Waals surface area (Å²) >= 11 is 0. The number of methoxy groups -OCH3 is 2. The summed E-state index contributed by atoms with van der Waals surface area (Å²) in [6.07, 6.45) is 1.02. The molecule has 0 spiro atoms. The highest BCUT2D eigenvalue weighted by molar-refractivity contribution is 7.86. The predicted molar refractivity (Wildman–Crippen MR) is 103 cm³/mol. The van der Waals surface area contributed by atoms with Crippen LogP contribution in [-0.2, 0) is 15.0 Å². The van der Waals surface area contributed by atoms with Crippen molar-refractivity contribution in [3.63, 3.8) is 0 Å². The Bertz CT molecular complexity index is 758. The van der Waals surface area contributed by atoms with E-state index in [4.69, 9.17) is 9.47 Å². The molecular formula is C18H29N3O5S. The number of amides is 1. The molecule has 0 unspecified atom stereocenters. The lowest BCUT2D eigenvalue weighted by Gasteiger charge is -2.32. The summed E-state index contributed by atoms with van der Waals surface area (Å²) in [5.74, 6) is 0.993. The smallest absolute Gasteiger partial charge is 0.281 e. The molecule has 152 valence electrons. The number of carbonyl (C=O) groups is 1. The molecule has 1 aromatic carbocycles. The van der Waals surface area contributed by atoms with E-state index in [1.807, 2.05) is 19.1 Å². The minimum atomic E-state index is -3.42. The fraction of sp³-hybridized carbons (Fsp3) is 0.611. The van der Waals surface area contributed by atoms with Crippen molar-refractivity contribution in [2.24, 2.45) is 5.92 Å². The third-order valence-corrected chi connectivity index (χ3v) is 6.82. The molecule has 0 bridgehead atoms. The van der Waals surface area contributed by atoms with Gasteiger partial charge >= 0.3 is 0 Å². The lowest BCUT2D eigenvalue weighted by Crippen LogP contribution is -2.47. The number of hydrogen-bond acceptors (Lipinski definition) is 5. The first-order valence-electron chi connectivity index (χ1n) is 8.90. The molecule has 1 fully saturated rings. The topological polar surface area (TPSA) is 88.2 Å². The van der Waals surface area contributed by atoms with Crippen molar-refractivity contribution in [3.8, 4) is 11.5 Å². The molecule has 1 amide bonds. The second-order valence-corrected chi connectivity index (χ2v) is 8.95. The van der Waals surface area contributed by atoms with Gasteiger partial charge < -0.3 is 14.8 Å². The third-order valence-electron chi connectivity index (χ3n) is 4.88. The zero-order chi connectivity index (χ0) is 20.2. The Labute approximate surface area is 161 Å². The zero-order valence-corrected chi connectivity index (χ0v) is 17.4. The molecule has 8 nitrogen and oxygen atoms in total. The van der Waals surface area contributed by atoms with Gasteiger partial charge in [0, 0.05) is 33.1 Å². The summed E-state index contributed by atoms with van der Waals surface area (Å²) in [5.41, 5.74) is 0.911. The van der Waals surface area contributed by atoms with Crippen LogP contribution in [-0.4, -0.2) is 64.3 Å². The summed E-state index contributed by atoms with van der Waals surface area (Å²) in [6, 6.07) is 5.34. The summed E-state index contributed by atoms with van der Waals surface area (Å²) in [4.78, 5) is 12.6. The molecule has 1 saturated heterocycles. The van der Waals surface area contributed by atoms with Gasteiger partial charge in [0.15, 0.2) is 11.5 Å². The number of ether oxygens (including phenoxy) is 2. The van der Waals surface area contributed by atoms with Crippen LogP contribution in [0.15, 0.2) is 18.2 Å². The van der Waals surface area contributed by atoms with Crippen LogP contribution < -0.4 is 14.8 Å². The van der Waals surface area contributed by atoms with E-state index in [0.29, 0.717) is 37.4 Å². The van der Waals surface area contributed by atoms with Gasteiger partial charge in [-0.15, -0.1) is 0 Å². The van der Waals surface area contributed by atoms with E-state index in [1.54, 1.807) is 20.3 Å². The number of benzene rings is 1. The Kier molecular flexibility index (Phi) is 7.07. The van der Waals surface area contributed by atoms with Crippen molar-refractivity contribution in [2.75, 3.05) is 41.4 Å². The number of piperidine rings is 1. The van der Waals surface area contributed by atoms with Gasteiger partial charge in [0.1, 0.15) is 0 Å². The van der Waals surface area contributed by atoms with E-state index < -0.39 is 10.2 Å². The number of nitrogens with one attached hydrogen (secondary N) is 1. The van der Waals surface area contributed by atoms with Crippen molar-refractivity contribution >= 4 is 16.1 Å². The van der Waals surface area contributed by atoms with E-state index in [1.165, 1.54) is 22.7 Å². The lowest BCUT2D eigenvalue weighted by molar-refractivity contribution is -0.126. The number of rotatable bonds is 7. The fourth-order valence-electron chi connectivity index (χ4n) is 3.12. The average Bonchev–Trinajstić information content (AvgIpc) is 2.67. The maximum absolute atomic E-state index is 12.6. The first kappa shape index (κ1) is 21.5. The normalized spacial score (nSPS) is 17.6. The monoisotopic (exact) mass is 399 g/mol. The van der Waals surface area contributed by atoms with Crippen molar-refractivity contribution in [1.82, 2.24) is 13.9 Å². The first-order valence-corrected chi connectivity index (χ1v) is 10.3. The van der Waals surface area contributed by atoms with Crippen LogP contribution in [0.2, 0.25) is 0 Å². The van der Waals surface area contributed by atoms with Crippen molar-refractivity contribution in [1.29, 1.82) is 0 Å². The van der Waals surface area contributed by atoms with Gasteiger partial charge in [0.25, 0.3) is 10.2 Å². The number of nitrogens with zero attached hydrogens (tertiary/aromatic N) is 2. The molecule has 1 aliphatic rings. The maximum Gasteiger partial charge on any atom is 0.281 e. The third kappa shape index (κ3) is 4.91. The SMILES string of the molecule is COc1ccc([C@@H](C)NC(=O)C2CCN(S(=O)(=O)N(C)C)CC2)cc1OC. The molecule has 0 radical (unpaired) electrons. The Morgan fingerprint density at radius 2 is 1.78 bits per heavy atom. The highest BCUT2D eigenvalue weighted by atomic mass is 32.2. The van der Waals surface area contributed by atoms with Gasteiger partial charge in [0.05, 0.1) is 20.3 Å². The summed E-state index contributed by atoms with van der Waals surface area (Å²) in [6.45, 7) is 2.61. The molecule has 1 atom stereocenters. The lowest BCUT2D eigenvalue weighted by atomic mass is 9.96. The molecule has 9 heteroatoms. The van der Waals surface area contributed by atoms with E-state index in [9.17, 15) is 13.2 Å². The van der Waals surface area contributed by atoms with Gasteiger partial charge in [-0.3, -0.25) is 4.79 Å². The van der Waals surface area contributed by atoms with Gasteiger partial charge in [-0.2, -0.15) is 17.0 Å². The number of hydrogen-bond donors (Lipinski definition) is 1. The molecule has 1 aromatic rings. The van der Waals surface area contributed by atoms with E-state index >= 15 is 0 Å². The molecule has 0 aliphatic carbocycles. The highest BCUT2D eigenvalue weighted by Crippen LogP contribution is 2.30. The van der Waals surface area contributed by atoms with Gasteiger partial charge in [0.2, 0.25) is 5.91 Å². The Balaban J connectivity index is 1.96. The average molecular weight is 400 g/mol. The molecule has 1 aliphatic heterocycles. The first-order chi connectivity index (χ1) is 12.7. The largest absolute Gasteiger partial charge is 0.493 e. The zero-order valence-electron chi connectivity index (χ0n) is 16.6. The Morgan fingerprint density at radius 3 is 2.30 bits per heavy atom. The Morgan fingerprint density at radius 1 is 1.19 bits per heavy atom. The van der Waals surface area contributed by atoms with E-state index in [2.05, 4.69) is 5.32 Å². The highest BCUT2D eigenvalue weighted by Gasteiger charge is 2.32. The molecule has 2 rings (SSSR count). The van der Waals surface area contributed by atoms with Crippen LogP contribution in [0.25, 0.3) is 0 Å².